The summed E-state index contributed by atoms with van der Waals surface area (Å²) < 4.78 is 0. The van der Waals surface area contributed by atoms with Gasteiger partial charge >= 0.3 is 0 Å². The first-order chi connectivity index (χ1) is 4.40. The van der Waals surface area contributed by atoms with Crippen molar-refractivity contribution in [2.75, 3.05) is 0 Å². The van der Waals surface area contributed by atoms with Crippen LogP contribution in [-0.2, 0) is 9.63 Å². The Bertz CT molecular complexity index is 172. The predicted molar refractivity (Wildman–Crippen MR) is 42.8 cm³/mol. The number of carbonyl (C=O) groups excluding carboxylic acids is 1. The number of halogens is 1. The van der Waals surface area contributed by atoms with Crippen molar-refractivity contribution >= 4 is 18.3 Å². The van der Waals surface area contributed by atoms with Crippen molar-refractivity contribution in [3.8, 4) is 0 Å². The highest BCUT2D eigenvalue weighted by Gasteiger charge is 2.60. The fourth-order valence-corrected chi connectivity index (χ4v) is 0.827. The van der Waals surface area contributed by atoms with Crippen molar-refractivity contribution in [1.29, 1.82) is 0 Å². The molecule has 3 N–H and O–H groups in total. The minimum absolute atomic E-state index is 0. The van der Waals surface area contributed by atoms with E-state index in [0.717, 1.165) is 0 Å². The van der Waals surface area contributed by atoms with E-state index in [-0.39, 0.29) is 17.8 Å². The Labute approximate surface area is 71.8 Å². The summed E-state index contributed by atoms with van der Waals surface area (Å²) in [6, 6.07) is 0. The molecule has 0 aromatic carbocycles. The van der Waals surface area contributed by atoms with Gasteiger partial charge in [-0.3, -0.25) is 9.63 Å². The third kappa shape index (κ3) is 1.47. The average molecular weight is 181 g/mol. The summed E-state index contributed by atoms with van der Waals surface area (Å²) in [6.45, 7) is 5.66. The number of hydroxylamine groups is 1. The van der Waals surface area contributed by atoms with Crippen LogP contribution in [0.1, 0.15) is 20.8 Å². The van der Waals surface area contributed by atoms with Gasteiger partial charge in [-0.05, 0) is 0 Å². The number of carbonyl (C=O) groups is 1. The van der Waals surface area contributed by atoms with E-state index in [9.17, 15) is 4.79 Å². The number of hydrogen-bond donors (Lipinski definition) is 2. The summed E-state index contributed by atoms with van der Waals surface area (Å²) >= 11 is 0. The van der Waals surface area contributed by atoms with Crippen LogP contribution in [0.4, 0.5) is 0 Å². The number of hydrogen-bond acceptors (Lipinski definition) is 3. The lowest BCUT2D eigenvalue weighted by Gasteiger charge is -2.21. The summed E-state index contributed by atoms with van der Waals surface area (Å²) in [6.07, 6.45) is 0. The van der Waals surface area contributed by atoms with Gasteiger partial charge in [0.05, 0.1) is 0 Å². The smallest absolute Gasteiger partial charge is 0.269 e. The Morgan fingerprint density at radius 3 is 1.91 bits per heavy atom. The van der Waals surface area contributed by atoms with E-state index in [4.69, 9.17) is 10.6 Å². The van der Waals surface area contributed by atoms with Crippen molar-refractivity contribution in [2.45, 2.75) is 26.5 Å². The quantitative estimate of drug-likeness (QED) is 0.565. The van der Waals surface area contributed by atoms with Crippen molar-refractivity contribution in [2.24, 2.45) is 11.1 Å². The molecule has 66 valence electrons. The van der Waals surface area contributed by atoms with Crippen LogP contribution in [-0.4, -0.2) is 11.6 Å². The van der Waals surface area contributed by atoms with Gasteiger partial charge in [0.15, 0.2) is 0 Å². The lowest BCUT2D eigenvalue weighted by atomic mass is 9.85. The largest absolute Gasteiger partial charge is 0.366 e. The van der Waals surface area contributed by atoms with Crippen molar-refractivity contribution in [3.63, 3.8) is 0 Å². The maximum atomic E-state index is 10.8. The molecule has 1 amide bonds. The van der Waals surface area contributed by atoms with E-state index in [1.165, 1.54) is 0 Å². The van der Waals surface area contributed by atoms with E-state index >= 15 is 0 Å². The molecular formula is C6H13ClN2O2. The zero-order chi connectivity index (χ0) is 7.99. The van der Waals surface area contributed by atoms with Gasteiger partial charge in [0, 0.05) is 5.41 Å². The van der Waals surface area contributed by atoms with E-state index in [1.807, 2.05) is 20.8 Å². The molecule has 1 unspecified atom stereocenters. The molecule has 4 nitrogen and oxygen atoms in total. The molecule has 0 bridgehead atoms. The summed E-state index contributed by atoms with van der Waals surface area (Å²) in [5, 5.41) is 0. The molecule has 1 saturated heterocycles. The lowest BCUT2D eigenvalue weighted by molar-refractivity contribution is -0.126. The van der Waals surface area contributed by atoms with Gasteiger partial charge in [-0.15, -0.1) is 12.4 Å². The Kier molecular flexibility index (Phi) is 2.55. The molecule has 1 aliphatic heterocycles. The molecule has 0 aromatic heterocycles. The third-order valence-electron chi connectivity index (χ3n) is 1.71. The molecule has 11 heavy (non-hydrogen) atoms. The van der Waals surface area contributed by atoms with Gasteiger partial charge in [0.25, 0.3) is 5.91 Å². The lowest BCUT2D eigenvalue weighted by Crippen LogP contribution is -2.45. The Hall–Kier alpha value is -0.320. The molecule has 0 aromatic rings. The molecule has 1 fully saturated rings. The van der Waals surface area contributed by atoms with Crippen LogP contribution in [0.5, 0.6) is 0 Å². The molecule has 5 heteroatoms. The number of amides is 1. The molecular weight excluding hydrogens is 168 g/mol. The third-order valence-corrected chi connectivity index (χ3v) is 1.71. The molecule has 0 saturated carbocycles. The first-order valence-corrected chi connectivity index (χ1v) is 3.15. The highest BCUT2D eigenvalue weighted by atomic mass is 35.5. The number of primary amides is 1. The molecule has 1 heterocycles. The first-order valence-electron chi connectivity index (χ1n) is 3.15. The van der Waals surface area contributed by atoms with Gasteiger partial charge in [0.2, 0.25) is 5.72 Å². The highest BCUT2D eigenvalue weighted by Crippen LogP contribution is 2.38. The Morgan fingerprint density at radius 2 is 1.91 bits per heavy atom. The fourth-order valence-electron chi connectivity index (χ4n) is 0.827. The molecule has 0 aliphatic carbocycles. The van der Waals surface area contributed by atoms with E-state index in [2.05, 4.69) is 5.48 Å². The second-order valence-electron chi connectivity index (χ2n) is 3.50. The van der Waals surface area contributed by atoms with Crippen molar-refractivity contribution in [3.05, 3.63) is 0 Å². The van der Waals surface area contributed by atoms with Crippen LogP contribution < -0.4 is 11.2 Å². The molecule has 0 radical (unpaired) electrons. The standard InChI is InChI=1S/C6H12N2O2.ClH/c1-5(2,3)6(4(7)9)8-10-6;/h8H,1-3H3,(H2,7,9);1H. The second-order valence-corrected chi connectivity index (χ2v) is 3.50. The van der Waals surface area contributed by atoms with Crippen LogP contribution in [0.15, 0.2) is 0 Å². The fraction of sp³-hybridized carbons (Fsp3) is 0.833. The molecule has 1 rings (SSSR count). The van der Waals surface area contributed by atoms with Crippen LogP contribution >= 0.6 is 12.4 Å². The van der Waals surface area contributed by atoms with E-state index < -0.39 is 11.6 Å². The number of nitrogens with two attached hydrogens (primary N) is 1. The Morgan fingerprint density at radius 1 is 1.55 bits per heavy atom. The van der Waals surface area contributed by atoms with Crippen molar-refractivity contribution < 1.29 is 9.63 Å². The van der Waals surface area contributed by atoms with Gasteiger partial charge in [-0.25, -0.2) is 0 Å². The van der Waals surface area contributed by atoms with Gasteiger partial charge in [-0.1, -0.05) is 20.8 Å². The Balaban J connectivity index is 0.000001000. The zero-order valence-electron chi connectivity index (χ0n) is 6.80. The van der Waals surface area contributed by atoms with Gasteiger partial charge < -0.3 is 5.73 Å². The SMILES string of the molecule is CC(C)(C)C1(C(N)=O)NO1.Cl. The number of nitrogens with one attached hydrogen (secondary N) is 1. The molecule has 1 atom stereocenters. The van der Waals surface area contributed by atoms with Crippen LogP contribution in [0.25, 0.3) is 0 Å². The number of rotatable bonds is 1. The zero-order valence-corrected chi connectivity index (χ0v) is 7.62. The summed E-state index contributed by atoms with van der Waals surface area (Å²) in [5.41, 5.74) is 6.40. The normalized spacial score (nSPS) is 29.0. The van der Waals surface area contributed by atoms with E-state index in [0.29, 0.717) is 0 Å². The topological polar surface area (TPSA) is 77.6 Å². The maximum Gasteiger partial charge on any atom is 0.269 e. The summed E-state index contributed by atoms with van der Waals surface area (Å²) in [7, 11) is 0. The van der Waals surface area contributed by atoms with Crippen LogP contribution in [0.3, 0.4) is 0 Å². The molecule has 0 spiro atoms. The van der Waals surface area contributed by atoms with Crippen molar-refractivity contribution in [1.82, 2.24) is 5.48 Å². The highest BCUT2D eigenvalue weighted by molar-refractivity contribution is 5.85. The minimum atomic E-state index is -0.924. The maximum absolute atomic E-state index is 10.8. The summed E-state index contributed by atoms with van der Waals surface area (Å²) in [4.78, 5) is 15.6. The van der Waals surface area contributed by atoms with Gasteiger partial charge in [-0.2, -0.15) is 5.48 Å². The van der Waals surface area contributed by atoms with Crippen LogP contribution in [0, 0.1) is 5.41 Å². The molecule has 1 aliphatic rings. The minimum Gasteiger partial charge on any atom is -0.366 e. The van der Waals surface area contributed by atoms with Crippen LogP contribution in [0.2, 0.25) is 0 Å². The van der Waals surface area contributed by atoms with E-state index in [1.54, 1.807) is 0 Å². The predicted octanol–water partition coefficient (Wildman–Crippen LogP) is 0.171. The monoisotopic (exact) mass is 180 g/mol. The second kappa shape index (κ2) is 2.62. The summed E-state index contributed by atoms with van der Waals surface area (Å²) in [5.74, 6) is -0.458. The average Bonchev–Trinajstić information content (AvgIpc) is 2.36. The first kappa shape index (κ1) is 10.7. The van der Waals surface area contributed by atoms with Gasteiger partial charge in [0.1, 0.15) is 0 Å².